The Labute approximate surface area is 133 Å². The third-order valence-corrected chi connectivity index (χ3v) is 6.53. The molecule has 0 radical (unpaired) electrons. The Morgan fingerprint density at radius 2 is 2.09 bits per heavy atom. The van der Waals surface area contributed by atoms with E-state index in [9.17, 15) is 12.8 Å². The first kappa shape index (κ1) is 17.4. The summed E-state index contributed by atoms with van der Waals surface area (Å²) in [6, 6.07) is 5.03. The Morgan fingerprint density at radius 1 is 1.41 bits per heavy atom. The minimum atomic E-state index is -3.51. The number of sulfonamides is 1. The van der Waals surface area contributed by atoms with E-state index in [1.165, 1.54) is 10.4 Å². The zero-order valence-electron chi connectivity index (χ0n) is 13.7. The predicted molar refractivity (Wildman–Crippen MR) is 86.6 cm³/mol. The molecular formula is C16H25FN2O2S. The molecule has 1 aromatic carbocycles. The quantitative estimate of drug-likeness (QED) is 0.852. The third-order valence-electron chi connectivity index (χ3n) is 4.68. The number of benzene rings is 1. The first-order valence-corrected chi connectivity index (χ1v) is 9.22. The lowest BCUT2D eigenvalue weighted by atomic mass is 9.99. The molecule has 22 heavy (non-hydrogen) atoms. The molecule has 0 aliphatic carbocycles. The number of nitrogens with zero attached hydrogens (tertiary/aromatic N) is 2. The SMILES string of the molecule is Cc1ccc(CS(=O)(=O)N(C)[C@@H]2CCN(C)[C@H](C)C2)c(F)c1. The number of halogens is 1. The number of rotatable bonds is 4. The van der Waals surface area contributed by atoms with Crippen molar-refractivity contribution in [2.75, 3.05) is 20.6 Å². The van der Waals surface area contributed by atoms with Crippen molar-refractivity contribution >= 4 is 10.0 Å². The Morgan fingerprint density at radius 3 is 2.68 bits per heavy atom. The summed E-state index contributed by atoms with van der Waals surface area (Å²) in [7, 11) is 0.153. The van der Waals surface area contributed by atoms with Crippen LogP contribution in [-0.2, 0) is 15.8 Å². The Balaban J connectivity index is 2.12. The first-order valence-electron chi connectivity index (χ1n) is 7.61. The largest absolute Gasteiger partial charge is 0.304 e. The molecule has 0 aromatic heterocycles. The van der Waals surface area contributed by atoms with Gasteiger partial charge in [0.05, 0.1) is 5.75 Å². The molecule has 4 nitrogen and oxygen atoms in total. The van der Waals surface area contributed by atoms with Crippen LogP contribution in [0.5, 0.6) is 0 Å². The van der Waals surface area contributed by atoms with E-state index in [1.54, 1.807) is 26.1 Å². The number of likely N-dealkylation sites (tertiary alicyclic amines) is 1. The summed E-state index contributed by atoms with van der Waals surface area (Å²) in [5, 5.41) is 0. The van der Waals surface area contributed by atoms with Crippen molar-refractivity contribution in [3.63, 3.8) is 0 Å². The Kier molecular flexibility index (Phi) is 5.25. The zero-order chi connectivity index (χ0) is 16.5. The maximum Gasteiger partial charge on any atom is 0.218 e. The van der Waals surface area contributed by atoms with E-state index in [0.717, 1.165) is 24.9 Å². The van der Waals surface area contributed by atoms with E-state index in [0.29, 0.717) is 6.04 Å². The monoisotopic (exact) mass is 328 g/mol. The number of hydrogen-bond donors (Lipinski definition) is 0. The van der Waals surface area contributed by atoms with Crippen LogP contribution in [0.15, 0.2) is 18.2 Å². The molecule has 0 saturated carbocycles. The molecule has 1 heterocycles. The first-order chi connectivity index (χ1) is 10.2. The molecule has 1 aliphatic heterocycles. The van der Waals surface area contributed by atoms with E-state index in [1.807, 2.05) is 0 Å². The number of aryl methyl sites for hydroxylation is 1. The second-order valence-corrected chi connectivity index (χ2v) is 8.40. The molecule has 2 rings (SSSR count). The fraction of sp³-hybridized carbons (Fsp3) is 0.625. The maximum atomic E-state index is 13.9. The zero-order valence-corrected chi connectivity index (χ0v) is 14.5. The van der Waals surface area contributed by atoms with Crippen LogP contribution in [0.2, 0.25) is 0 Å². The van der Waals surface area contributed by atoms with Crippen molar-refractivity contribution < 1.29 is 12.8 Å². The van der Waals surface area contributed by atoms with Gasteiger partial charge in [0.15, 0.2) is 0 Å². The van der Waals surface area contributed by atoms with Crippen LogP contribution in [0.3, 0.4) is 0 Å². The standard InChI is InChI=1S/C16H25FN2O2S/c1-12-5-6-14(16(17)9-12)11-22(20,21)19(4)15-7-8-18(3)13(2)10-15/h5-6,9,13,15H,7-8,10-11H2,1-4H3/t13-,15-/m1/s1. The highest BCUT2D eigenvalue weighted by atomic mass is 32.2. The molecule has 0 unspecified atom stereocenters. The number of hydrogen-bond acceptors (Lipinski definition) is 3. The molecule has 2 atom stereocenters. The van der Waals surface area contributed by atoms with Gasteiger partial charge in [-0.3, -0.25) is 0 Å². The fourth-order valence-corrected chi connectivity index (χ4v) is 4.37. The van der Waals surface area contributed by atoms with Gasteiger partial charge in [0.1, 0.15) is 5.82 Å². The van der Waals surface area contributed by atoms with E-state index < -0.39 is 15.8 Å². The summed E-state index contributed by atoms with van der Waals surface area (Å²) in [6.07, 6.45) is 1.62. The van der Waals surface area contributed by atoms with Crippen LogP contribution < -0.4 is 0 Å². The van der Waals surface area contributed by atoms with Gasteiger partial charge >= 0.3 is 0 Å². The third kappa shape index (κ3) is 3.86. The van der Waals surface area contributed by atoms with Crippen LogP contribution in [0.1, 0.15) is 30.9 Å². The predicted octanol–water partition coefficient (Wildman–Crippen LogP) is 2.38. The summed E-state index contributed by atoms with van der Waals surface area (Å²) in [4.78, 5) is 2.23. The summed E-state index contributed by atoms with van der Waals surface area (Å²) < 4.78 is 40.5. The molecule has 0 bridgehead atoms. The molecule has 0 spiro atoms. The summed E-state index contributed by atoms with van der Waals surface area (Å²) in [5.74, 6) is -0.732. The molecule has 1 aromatic rings. The van der Waals surface area contributed by atoms with Gasteiger partial charge in [-0.2, -0.15) is 0 Å². The topological polar surface area (TPSA) is 40.6 Å². The Hall–Kier alpha value is -0.980. The van der Waals surface area contributed by atoms with Gasteiger partial charge in [-0.15, -0.1) is 0 Å². The van der Waals surface area contributed by atoms with Crippen LogP contribution in [0, 0.1) is 12.7 Å². The minimum Gasteiger partial charge on any atom is -0.304 e. The van der Waals surface area contributed by atoms with E-state index in [-0.39, 0.29) is 17.4 Å². The average Bonchev–Trinajstić information content (AvgIpc) is 2.44. The molecule has 0 N–H and O–H groups in total. The summed E-state index contributed by atoms with van der Waals surface area (Å²) >= 11 is 0. The van der Waals surface area contributed by atoms with Crippen molar-refractivity contribution in [3.8, 4) is 0 Å². The highest BCUT2D eigenvalue weighted by Crippen LogP contribution is 2.24. The van der Waals surface area contributed by atoms with Gasteiger partial charge in [0, 0.05) is 24.7 Å². The van der Waals surface area contributed by atoms with Crippen molar-refractivity contribution in [3.05, 3.63) is 35.1 Å². The lowest BCUT2D eigenvalue weighted by molar-refractivity contribution is 0.142. The van der Waals surface area contributed by atoms with E-state index in [2.05, 4.69) is 18.9 Å². The smallest absolute Gasteiger partial charge is 0.218 e. The highest BCUT2D eigenvalue weighted by molar-refractivity contribution is 7.88. The van der Waals surface area contributed by atoms with Crippen LogP contribution in [0.25, 0.3) is 0 Å². The van der Waals surface area contributed by atoms with Gasteiger partial charge in [0.2, 0.25) is 10.0 Å². The second-order valence-electron chi connectivity index (χ2n) is 6.38. The molecule has 1 saturated heterocycles. The molecule has 1 fully saturated rings. The van der Waals surface area contributed by atoms with Gasteiger partial charge in [-0.05, 0) is 51.9 Å². The average molecular weight is 328 g/mol. The molecule has 1 aliphatic rings. The Bertz CT molecular complexity index is 633. The van der Waals surface area contributed by atoms with Gasteiger partial charge in [0.25, 0.3) is 0 Å². The molecule has 6 heteroatoms. The fourth-order valence-electron chi connectivity index (χ4n) is 2.89. The van der Waals surface area contributed by atoms with Crippen LogP contribution in [0.4, 0.5) is 4.39 Å². The van der Waals surface area contributed by atoms with Crippen LogP contribution >= 0.6 is 0 Å². The van der Waals surface area contributed by atoms with E-state index >= 15 is 0 Å². The lowest BCUT2D eigenvalue weighted by Crippen LogP contribution is -2.48. The maximum absolute atomic E-state index is 13.9. The van der Waals surface area contributed by atoms with Crippen molar-refractivity contribution in [1.29, 1.82) is 0 Å². The lowest BCUT2D eigenvalue weighted by Gasteiger charge is -2.38. The summed E-state index contributed by atoms with van der Waals surface area (Å²) in [6.45, 7) is 4.77. The highest BCUT2D eigenvalue weighted by Gasteiger charge is 2.32. The van der Waals surface area contributed by atoms with E-state index in [4.69, 9.17) is 0 Å². The van der Waals surface area contributed by atoms with Crippen LogP contribution in [-0.4, -0.2) is 50.3 Å². The van der Waals surface area contributed by atoms with Gasteiger partial charge < -0.3 is 4.90 Å². The van der Waals surface area contributed by atoms with Crippen molar-refractivity contribution in [2.24, 2.45) is 0 Å². The second kappa shape index (κ2) is 6.64. The molecule has 0 amide bonds. The number of piperidine rings is 1. The van der Waals surface area contributed by atoms with Crippen molar-refractivity contribution in [1.82, 2.24) is 9.21 Å². The van der Waals surface area contributed by atoms with Gasteiger partial charge in [-0.25, -0.2) is 17.1 Å². The minimum absolute atomic E-state index is 0.00953. The van der Waals surface area contributed by atoms with Gasteiger partial charge in [-0.1, -0.05) is 12.1 Å². The normalized spacial score (nSPS) is 23.9. The molecule has 124 valence electrons. The molecular weight excluding hydrogens is 303 g/mol. The van der Waals surface area contributed by atoms with Crippen molar-refractivity contribution in [2.45, 2.75) is 44.5 Å². The summed E-state index contributed by atoms with van der Waals surface area (Å²) in [5.41, 5.74) is 1.02.